The Hall–Kier alpha value is -1.57. The van der Waals surface area contributed by atoms with Crippen LogP contribution in [0.3, 0.4) is 0 Å². The van der Waals surface area contributed by atoms with E-state index in [1.165, 1.54) is 0 Å². The molecule has 0 N–H and O–H groups in total. The van der Waals surface area contributed by atoms with Crippen molar-refractivity contribution in [3.05, 3.63) is 43.3 Å². The van der Waals surface area contributed by atoms with Crippen molar-refractivity contribution >= 4 is 17.0 Å². The van der Waals surface area contributed by atoms with Crippen LogP contribution in [0.5, 0.6) is 0 Å². The van der Waals surface area contributed by atoms with Gasteiger partial charge in [-0.2, -0.15) is 0 Å². The molecule has 0 bridgehead atoms. The van der Waals surface area contributed by atoms with Crippen LogP contribution in [0, 0.1) is 6.92 Å². The van der Waals surface area contributed by atoms with Gasteiger partial charge in [0, 0.05) is 11.6 Å². The molecular weight excluding hydrogens is 186 g/mol. The van der Waals surface area contributed by atoms with Crippen LogP contribution in [0.15, 0.2) is 35.1 Å². The van der Waals surface area contributed by atoms with Gasteiger partial charge in [0.05, 0.1) is 12.0 Å². The molecular formula is C13H14NO. The van der Waals surface area contributed by atoms with Crippen molar-refractivity contribution in [2.24, 2.45) is 0 Å². The number of fused-ring (bicyclic) bond motifs is 1. The molecule has 2 aromatic heterocycles. The van der Waals surface area contributed by atoms with Gasteiger partial charge in [-0.3, -0.25) is 4.98 Å². The lowest BCUT2D eigenvalue weighted by atomic mass is 10.2. The number of nitrogens with zero attached hydrogens (tertiary/aromatic N) is 1. The Morgan fingerprint density at radius 2 is 2.33 bits per heavy atom. The summed E-state index contributed by atoms with van der Waals surface area (Å²) in [5.74, 6) is 0. The van der Waals surface area contributed by atoms with Crippen molar-refractivity contribution in [3.63, 3.8) is 0 Å². The van der Waals surface area contributed by atoms with Gasteiger partial charge in [-0.1, -0.05) is 19.4 Å². The molecule has 2 aromatic rings. The van der Waals surface area contributed by atoms with E-state index in [9.17, 15) is 0 Å². The van der Waals surface area contributed by atoms with Crippen molar-refractivity contribution in [1.82, 2.24) is 4.98 Å². The van der Waals surface area contributed by atoms with Gasteiger partial charge in [-0.05, 0) is 31.1 Å². The molecule has 0 aromatic carbocycles. The largest absolute Gasteiger partial charge is 0.464 e. The summed E-state index contributed by atoms with van der Waals surface area (Å²) in [6.07, 6.45) is 10.8. The van der Waals surface area contributed by atoms with E-state index in [0.717, 1.165) is 35.9 Å². The Labute approximate surface area is 89.6 Å². The van der Waals surface area contributed by atoms with E-state index in [-0.39, 0.29) is 0 Å². The molecule has 0 aliphatic rings. The summed E-state index contributed by atoms with van der Waals surface area (Å²) < 4.78 is 5.30. The van der Waals surface area contributed by atoms with Crippen LogP contribution in [0.25, 0.3) is 17.0 Å². The summed E-state index contributed by atoms with van der Waals surface area (Å²) in [7, 11) is 0. The van der Waals surface area contributed by atoms with Crippen LogP contribution in [0.2, 0.25) is 0 Å². The standard InChI is InChI=1S/C13H14NO/c1-2-3-4-5-6-12-11-8-10-15-13(11)7-9-14-12/h5-10H,1-4H2. The molecule has 0 atom stereocenters. The summed E-state index contributed by atoms with van der Waals surface area (Å²) in [6.45, 7) is 3.81. The molecule has 1 radical (unpaired) electrons. The van der Waals surface area contributed by atoms with E-state index in [1.54, 1.807) is 12.5 Å². The molecule has 0 spiro atoms. The lowest BCUT2D eigenvalue weighted by Gasteiger charge is -1.94. The van der Waals surface area contributed by atoms with Gasteiger partial charge in [0.1, 0.15) is 5.58 Å². The van der Waals surface area contributed by atoms with E-state index in [4.69, 9.17) is 4.42 Å². The van der Waals surface area contributed by atoms with E-state index >= 15 is 0 Å². The number of hydrogen-bond donors (Lipinski definition) is 0. The third-order valence-electron chi connectivity index (χ3n) is 2.31. The highest BCUT2D eigenvalue weighted by Crippen LogP contribution is 2.18. The quantitative estimate of drug-likeness (QED) is 0.701. The van der Waals surface area contributed by atoms with E-state index in [1.807, 2.05) is 18.2 Å². The molecule has 0 saturated carbocycles. The van der Waals surface area contributed by atoms with Crippen molar-refractivity contribution < 1.29 is 4.42 Å². The number of furan rings is 1. The highest BCUT2D eigenvalue weighted by atomic mass is 16.3. The number of aromatic nitrogens is 1. The fraction of sp³-hybridized carbons (Fsp3) is 0.231. The molecule has 2 heteroatoms. The zero-order valence-electron chi connectivity index (χ0n) is 8.65. The van der Waals surface area contributed by atoms with Crippen LogP contribution >= 0.6 is 0 Å². The lowest BCUT2D eigenvalue weighted by molar-refractivity contribution is 0.615. The van der Waals surface area contributed by atoms with Crippen molar-refractivity contribution in [2.75, 3.05) is 0 Å². The Balaban J connectivity index is 2.20. The average Bonchev–Trinajstić information content (AvgIpc) is 2.73. The Bertz CT molecular complexity index is 456. The summed E-state index contributed by atoms with van der Waals surface area (Å²) in [5.41, 5.74) is 1.87. The van der Waals surface area contributed by atoms with Crippen molar-refractivity contribution in [1.29, 1.82) is 0 Å². The normalized spacial score (nSPS) is 11.5. The van der Waals surface area contributed by atoms with Crippen LogP contribution < -0.4 is 0 Å². The third kappa shape index (κ3) is 2.27. The minimum atomic E-state index is 0.891. The molecule has 2 nitrogen and oxygen atoms in total. The maximum absolute atomic E-state index is 5.30. The van der Waals surface area contributed by atoms with Gasteiger partial charge in [0.2, 0.25) is 0 Å². The third-order valence-corrected chi connectivity index (χ3v) is 2.31. The zero-order chi connectivity index (χ0) is 10.5. The van der Waals surface area contributed by atoms with Crippen LogP contribution in [-0.2, 0) is 0 Å². The lowest BCUT2D eigenvalue weighted by Crippen LogP contribution is -1.79. The number of rotatable bonds is 4. The maximum atomic E-state index is 5.30. The Morgan fingerprint density at radius 3 is 3.20 bits per heavy atom. The van der Waals surface area contributed by atoms with Crippen LogP contribution in [0.1, 0.15) is 25.0 Å². The molecule has 0 aliphatic heterocycles. The molecule has 15 heavy (non-hydrogen) atoms. The number of pyridine rings is 1. The second kappa shape index (κ2) is 4.78. The maximum Gasteiger partial charge on any atom is 0.137 e. The van der Waals surface area contributed by atoms with E-state index in [2.05, 4.69) is 18.0 Å². The summed E-state index contributed by atoms with van der Waals surface area (Å²) in [6, 6.07) is 3.83. The molecule has 0 saturated heterocycles. The monoisotopic (exact) mass is 200 g/mol. The number of unbranched alkanes of at least 4 members (excludes halogenated alkanes) is 2. The zero-order valence-corrected chi connectivity index (χ0v) is 8.65. The molecule has 0 amide bonds. The Kier molecular flexibility index (Phi) is 3.18. The predicted molar refractivity (Wildman–Crippen MR) is 62.3 cm³/mol. The molecule has 0 aliphatic carbocycles. The average molecular weight is 200 g/mol. The fourth-order valence-corrected chi connectivity index (χ4v) is 1.51. The highest BCUT2D eigenvalue weighted by Gasteiger charge is 2.00. The number of hydrogen-bond acceptors (Lipinski definition) is 2. The topological polar surface area (TPSA) is 26.0 Å². The molecule has 77 valence electrons. The van der Waals surface area contributed by atoms with Gasteiger partial charge in [-0.15, -0.1) is 0 Å². The second-order valence-electron chi connectivity index (χ2n) is 3.43. The minimum Gasteiger partial charge on any atom is -0.464 e. The van der Waals surface area contributed by atoms with Crippen molar-refractivity contribution in [3.8, 4) is 0 Å². The van der Waals surface area contributed by atoms with Crippen molar-refractivity contribution in [2.45, 2.75) is 19.3 Å². The first-order chi connectivity index (χ1) is 7.42. The predicted octanol–water partition coefficient (Wildman–Crippen LogP) is 3.85. The summed E-state index contributed by atoms with van der Waals surface area (Å²) in [5, 5.41) is 1.07. The van der Waals surface area contributed by atoms with Gasteiger partial charge in [-0.25, -0.2) is 0 Å². The van der Waals surface area contributed by atoms with Gasteiger partial charge >= 0.3 is 0 Å². The summed E-state index contributed by atoms with van der Waals surface area (Å²) in [4.78, 5) is 4.31. The van der Waals surface area contributed by atoms with Gasteiger partial charge < -0.3 is 4.42 Å². The minimum absolute atomic E-state index is 0.891. The molecule has 0 unspecified atom stereocenters. The summed E-state index contributed by atoms with van der Waals surface area (Å²) >= 11 is 0. The first-order valence-corrected chi connectivity index (χ1v) is 5.20. The van der Waals surface area contributed by atoms with E-state index < -0.39 is 0 Å². The smallest absolute Gasteiger partial charge is 0.137 e. The second-order valence-corrected chi connectivity index (χ2v) is 3.43. The molecule has 2 rings (SSSR count). The molecule has 0 fully saturated rings. The number of allylic oxidation sites excluding steroid dienone is 1. The highest BCUT2D eigenvalue weighted by molar-refractivity contribution is 5.84. The van der Waals surface area contributed by atoms with Crippen LogP contribution in [-0.4, -0.2) is 4.98 Å². The first kappa shape index (κ1) is 9.97. The van der Waals surface area contributed by atoms with Crippen LogP contribution in [0.4, 0.5) is 0 Å². The van der Waals surface area contributed by atoms with E-state index in [0.29, 0.717) is 0 Å². The Morgan fingerprint density at radius 1 is 1.40 bits per heavy atom. The van der Waals surface area contributed by atoms with Gasteiger partial charge in [0.15, 0.2) is 0 Å². The first-order valence-electron chi connectivity index (χ1n) is 5.20. The molecule has 2 heterocycles. The fourth-order valence-electron chi connectivity index (χ4n) is 1.51. The SMILES string of the molecule is [CH2]CCCC=Cc1nccc2occc12. The van der Waals surface area contributed by atoms with Gasteiger partial charge in [0.25, 0.3) is 0 Å².